The summed E-state index contributed by atoms with van der Waals surface area (Å²) in [6.45, 7) is 2.25. The molecule has 0 amide bonds. The molecule has 0 aliphatic rings. The summed E-state index contributed by atoms with van der Waals surface area (Å²) < 4.78 is 0. The smallest absolute Gasteiger partial charge is 0.0428 e. The molecule has 0 rings (SSSR count). The molecule has 0 aliphatic carbocycles. The summed E-state index contributed by atoms with van der Waals surface area (Å²) in [6, 6.07) is 0. The van der Waals surface area contributed by atoms with Gasteiger partial charge in [0.15, 0.2) is 0 Å². The molecule has 0 saturated carbocycles. The van der Waals surface area contributed by atoms with Gasteiger partial charge in [-0.15, -0.1) is 0 Å². The molecule has 1 nitrogen and oxygen atoms in total. The van der Waals surface area contributed by atoms with Crippen LogP contribution in [-0.4, -0.2) is 11.7 Å². The van der Waals surface area contributed by atoms with Crippen LogP contribution in [0.2, 0.25) is 0 Å². The van der Waals surface area contributed by atoms with Gasteiger partial charge in [0.1, 0.15) is 0 Å². The Balaban J connectivity index is 0. The average Bonchev–Trinajstić information content (AvgIpc) is 1.37. The first-order valence-corrected chi connectivity index (χ1v) is 1.52. The standard InChI is InChI=1S/C3H8O.V/c1-2-3-4;/h4H,2-3H2,1H3;. The average molecular weight is 111 g/mol. The molecule has 0 aromatic heterocycles. The first kappa shape index (κ1) is 9.11. The van der Waals surface area contributed by atoms with Crippen molar-refractivity contribution in [3.8, 4) is 0 Å². The second kappa shape index (κ2) is 8.82. The fourth-order valence-corrected chi connectivity index (χ4v) is 0. The summed E-state index contributed by atoms with van der Waals surface area (Å²) in [5.41, 5.74) is 0. The van der Waals surface area contributed by atoms with Crippen molar-refractivity contribution in [2.75, 3.05) is 6.61 Å². The molecule has 1 N–H and O–H groups in total. The Morgan fingerprint density at radius 2 is 1.80 bits per heavy atom. The first-order valence-electron chi connectivity index (χ1n) is 1.52. The van der Waals surface area contributed by atoms with Gasteiger partial charge in [0.05, 0.1) is 0 Å². The van der Waals surface area contributed by atoms with Crippen LogP contribution in [0.5, 0.6) is 0 Å². The molecule has 0 bridgehead atoms. The van der Waals surface area contributed by atoms with E-state index in [0.717, 1.165) is 6.42 Å². The predicted octanol–water partition coefficient (Wildman–Crippen LogP) is 0.386. The van der Waals surface area contributed by atoms with Crippen molar-refractivity contribution in [3.63, 3.8) is 0 Å². The zero-order chi connectivity index (χ0) is 3.41. The van der Waals surface area contributed by atoms with Gasteiger partial charge in [-0.05, 0) is 6.42 Å². The van der Waals surface area contributed by atoms with Crippen molar-refractivity contribution < 1.29 is 23.7 Å². The molecule has 0 saturated heterocycles. The number of hydrogen-bond acceptors (Lipinski definition) is 1. The number of aliphatic hydroxyl groups is 1. The quantitative estimate of drug-likeness (QED) is 0.518. The van der Waals surface area contributed by atoms with Crippen LogP contribution in [0, 0.1) is 0 Å². The van der Waals surface area contributed by atoms with Crippen molar-refractivity contribution >= 4 is 0 Å². The third-order valence-corrected chi connectivity index (χ3v) is 0.224. The summed E-state index contributed by atoms with van der Waals surface area (Å²) in [5.74, 6) is 0. The van der Waals surface area contributed by atoms with E-state index in [1.807, 2.05) is 6.92 Å². The molecule has 0 aromatic carbocycles. The molecule has 0 unspecified atom stereocenters. The molecular formula is C3H8OV. The van der Waals surface area contributed by atoms with Gasteiger partial charge in [-0.1, -0.05) is 6.92 Å². The van der Waals surface area contributed by atoms with E-state index >= 15 is 0 Å². The van der Waals surface area contributed by atoms with Crippen LogP contribution < -0.4 is 0 Å². The van der Waals surface area contributed by atoms with E-state index in [2.05, 4.69) is 0 Å². The van der Waals surface area contributed by atoms with E-state index in [1.54, 1.807) is 0 Å². The Labute approximate surface area is 44.3 Å². The molecule has 1 radical (unpaired) electrons. The molecular weight excluding hydrogens is 103 g/mol. The molecule has 0 fully saturated rings. The molecule has 0 aromatic rings. The molecule has 0 aliphatic heterocycles. The van der Waals surface area contributed by atoms with E-state index < -0.39 is 0 Å². The fraction of sp³-hybridized carbons (Fsp3) is 1.00. The SMILES string of the molecule is CCCO.[V]. The molecule has 2 heteroatoms. The second-order valence-corrected chi connectivity index (χ2v) is 0.724. The monoisotopic (exact) mass is 111 g/mol. The van der Waals surface area contributed by atoms with Crippen LogP contribution >= 0.6 is 0 Å². The van der Waals surface area contributed by atoms with Gasteiger partial charge in [0.2, 0.25) is 0 Å². The fourth-order valence-electron chi connectivity index (χ4n) is 0. The van der Waals surface area contributed by atoms with Gasteiger partial charge >= 0.3 is 0 Å². The van der Waals surface area contributed by atoms with Gasteiger partial charge in [-0.2, -0.15) is 0 Å². The van der Waals surface area contributed by atoms with Crippen LogP contribution in [0.25, 0.3) is 0 Å². The van der Waals surface area contributed by atoms with Crippen LogP contribution in [0.1, 0.15) is 13.3 Å². The minimum atomic E-state index is 0. The van der Waals surface area contributed by atoms with E-state index in [4.69, 9.17) is 5.11 Å². The Bertz CT molecular complexity index is 8.85. The van der Waals surface area contributed by atoms with Crippen LogP contribution in [-0.2, 0) is 18.6 Å². The van der Waals surface area contributed by atoms with Gasteiger partial charge in [0.25, 0.3) is 0 Å². The maximum atomic E-state index is 7.88. The van der Waals surface area contributed by atoms with E-state index in [1.165, 1.54) is 0 Å². The number of rotatable bonds is 1. The molecule has 0 spiro atoms. The Morgan fingerprint density at radius 1 is 1.60 bits per heavy atom. The zero-order valence-corrected chi connectivity index (χ0v) is 4.71. The Morgan fingerprint density at radius 3 is 1.80 bits per heavy atom. The number of aliphatic hydroxyl groups excluding tert-OH is 1. The topological polar surface area (TPSA) is 20.2 Å². The van der Waals surface area contributed by atoms with Crippen molar-refractivity contribution in [1.29, 1.82) is 0 Å². The van der Waals surface area contributed by atoms with E-state index in [9.17, 15) is 0 Å². The number of hydrogen-bond donors (Lipinski definition) is 1. The van der Waals surface area contributed by atoms with E-state index in [-0.39, 0.29) is 18.6 Å². The summed E-state index contributed by atoms with van der Waals surface area (Å²) in [7, 11) is 0. The Hall–Kier alpha value is 0.544. The minimum Gasteiger partial charge on any atom is -0.396 e. The third kappa shape index (κ3) is 12.3. The summed E-state index contributed by atoms with van der Waals surface area (Å²) in [4.78, 5) is 0. The van der Waals surface area contributed by atoms with Gasteiger partial charge < -0.3 is 5.11 Å². The largest absolute Gasteiger partial charge is 0.396 e. The maximum absolute atomic E-state index is 7.88. The molecule has 0 heterocycles. The molecule has 31 valence electrons. The van der Waals surface area contributed by atoms with Gasteiger partial charge in [0, 0.05) is 25.2 Å². The molecule has 0 atom stereocenters. The van der Waals surface area contributed by atoms with Crippen LogP contribution in [0.15, 0.2) is 0 Å². The van der Waals surface area contributed by atoms with Crippen molar-refractivity contribution in [2.24, 2.45) is 0 Å². The minimum absolute atomic E-state index is 0. The summed E-state index contributed by atoms with van der Waals surface area (Å²) >= 11 is 0. The Kier molecular flexibility index (Phi) is 16.1. The summed E-state index contributed by atoms with van der Waals surface area (Å²) in [5, 5.41) is 7.88. The molecule has 5 heavy (non-hydrogen) atoms. The predicted molar refractivity (Wildman–Crippen MR) is 17.4 cm³/mol. The zero-order valence-electron chi connectivity index (χ0n) is 3.31. The van der Waals surface area contributed by atoms with Gasteiger partial charge in [-0.25, -0.2) is 0 Å². The normalized spacial score (nSPS) is 6.00. The third-order valence-electron chi connectivity index (χ3n) is 0.224. The van der Waals surface area contributed by atoms with Crippen molar-refractivity contribution in [2.45, 2.75) is 13.3 Å². The van der Waals surface area contributed by atoms with Crippen molar-refractivity contribution in [1.82, 2.24) is 0 Å². The van der Waals surface area contributed by atoms with Crippen molar-refractivity contribution in [3.05, 3.63) is 0 Å². The maximum Gasteiger partial charge on any atom is 0.0428 e. The summed E-state index contributed by atoms with van der Waals surface area (Å²) in [6.07, 6.45) is 0.875. The first-order chi connectivity index (χ1) is 1.91. The van der Waals surface area contributed by atoms with Crippen LogP contribution in [0.3, 0.4) is 0 Å². The van der Waals surface area contributed by atoms with Gasteiger partial charge in [-0.3, -0.25) is 0 Å². The van der Waals surface area contributed by atoms with E-state index in [0.29, 0.717) is 6.61 Å². The second-order valence-electron chi connectivity index (χ2n) is 0.724. The van der Waals surface area contributed by atoms with Crippen LogP contribution in [0.4, 0.5) is 0 Å².